The highest BCUT2D eigenvalue weighted by molar-refractivity contribution is 8.01. The van der Waals surface area contributed by atoms with Crippen molar-refractivity contribution in [2.45, 2.75) is 32.6 Å². The van der Waals surface area contributed by atoms with Crippen molar-refractivity contribution in [2.24, 2.45) is 0 Å². The van der Waals surface area contributed by atoms with Gasteiger partial charge in [-0.3, -0.25) is 9.59 Å². The topological polar surface area (TPSA) is 70.2 Å². The van der Waals surface area contributed by atoms with Crippen molar-refractivity contribution in [3.63, 3.8) is 0 Å². The number of carbonyl (C=O) groups excluding carboxylic acids is 2. The number of rotatable bonds is 9. The summed E-state index contributed by atoms with van der Waals surface area (Å²) >= 11 is 1.32. The molecule has 0 saturated carbocycles. The smallest absolute Gasteiger partial charge is 0.237 e. The zero-order chi connectivity index (χ0) is 19.6. The van der Waals surface area contributed by atoms with Gasteiger partial charge >= 0.3 is 0 Å². The van der Waals surface area contributed by atoms with Crippen LogP contribution < -0.4 is 16.0 Å². The van der Waals surface area contributed by atoms with E-state index in [4.69, 9.17) is 0 Å². The molecule has 0 fully saturated rings. The minimum absolute atomic E-state index is 0. The van der Waals surface area contributed by atoms with Crippen LogP contribution in [0, 0.1) is 6.92 Å². The van der Waals surface area contributed by atoms with Crippen LogP contribution in [0.1, 0.15) is 25.0 Å². The van der Waals surface area contributed by atoms with Gasteiger partial charge in [-0.15, -0.1) is 24.2 Å². The Balaban J connectivity index is 0.00000392. The summed E-state index contributed by atoms with van der Waals surface area (Å²) in [7, 11) is 0. The number of amides is 2. The van der Waals surface area contributed by atoms with Gasteiger partial charge in [-0.2, -0.15) is 0 Å². The van der Waals surface area contributed by atoms with Gasteiger partial charge in [0.2, 0.25) is 11.8 Å². The Kier molecular flexibility index (Phi) is 10.7. The molecule has 1 atom stereocenters. The first kappa shape index (κ1) is 24.0. The third kappa shape index (κ3) is 8.33. The van der Waals surface area contributed by atoms with Crippen LogP contribution >= 0.6 is 24.2 Å². The van der Waals surface area contributed by atoms with E-state index in [9.17, 15) is 9.59 Å². The molecule has 2 rings (SSSR count). The molecule has 1 unspecified atom stereocenters. The van der Waals surface area contributed by atoms with Crippen molar-refractivity contribution in [3.05, 3.63) is 59.7 Å². The van der Waals surface area contributed by atoms with Gasteiger partial charge in [-0.25, -0.2) is 0 Å². The maximum Gasteiger partial charge on any atom is 0.237 e. The molecule has 0 heterocycles. The summed E-state index contributed by atoms with van der Waals surface area (Å²) in [5, 5.41) is 8.70. The monoisotopic (exact) mass is 421 g/mol. The van der Waals surface area contributed by atoms with Crippen molar-refractivity contribution in [1.82, 2.24) is 5.32 Å². The number of benzene rings is 2. The van der Waals surface area contributed by atoms with E-state index in [0.29, 0.717) is 0 Å². The third-order valence-electron chi connectivity index (χ3n) is 3.94. The number of halogens is 1. The molecule has 0 aromatic heterocycles. The Morgan fingerprint density at radius 3 is 2.43 bits per heavy atom. The number of hydrogen-bond donors (Lipinski definition) is 3. The first-order valence-corrected chi connectivity index (χ1v) is 10.1. The summed E-state index contributed by atoms with van der Waals surface area (Å²) in [5.74, 6) is 0.00279. The normalized spacial score (nSPS) is 11.2. The van der Waals surface area contributed by atoms with Gasteiger partial charge in [0.25, 0.3) is 0 Å². The quantitative estimate of drug-likeness (QED) is 0.566. The number of carbonyl (C=O) groups is 2. The number of nitrogens with one attached hydrogen (secondary N) is 3. The molecule has 2 aromatic carbocycles. The second kappa shape index (κ2) is 12.4. The highest BCUT2D eigenvalue weighted by Crippen LogP contribution is 2.16. The lowest BCUT2D eigenvalue weighted by Gasteiger charge is -2.13. The summed E-state index contributed by atoms with van der Waals surface area (Å²) in [6.45, 7) is 7.53. The van der Waals surface area contributed by atoms with E-state index in [1.54, 1.807) is 0 Å². The van der Waals surface area contributed by atoms with Crippen LogP contribution in [0.5, 0.6) is 0 Å². The van der Waals surface area contributed by atoms with Gasteiger partial charge in [-0.1, -0.05) is 36.8 Å². The van der Waals surface area contributed by atoms with Gasteiger partial charge in [0, 0.05) is 17.9 Å². The molecule has 0 saturated heterocycles. The van der Waals surface area contributed by atoms with E-state index in [1.165, 1.54) is 11.8 Å². The van der Waals surface area contributed by atoms with Crippen LogP contribution in [0.2, 0.25) is 0 Å². The molecule has 3 N–H and O–H groups in total. The molecule has 2 amide bonds. The molecule has 28 heavy (non-hydrogen) atoms. The molecular weight excluding hydrogens is 394 g/mol. The van der Waals surface area contributed by atoms with Crippen molar-refractivity contribution in [2.75, 3.05) is 22.9 Å². The standard InChI is InChI=1S/C21H27N3O2S.ClH/c1-4-22-13-17-6-5-7-19(12-17)24-21(26)16(3)27-14-20(25)23-18-10-8-15(2)9-11-18;/h5-12,16,22H,4,13-14H2,1-3H3,(H,23,25)(H,24,26);1H. The minimum Gasteiger partial charge on any atom is -0.325 e. The van der Waals surface area contributed by atoms with E-state index in [0.717, 1.165) is 35.6 Å². The highest BCUT2D eigenvalue weighted by atomic mass is 35.5. The SMILES string of the molecule is CCNCc1cccc(NC(=O)C(C)SCC(=O)Nc2ccc(C)cc2)c1.Cl. The molecule has 0 radical (unpaired) electrons. The van der Waals surface area contributed by atoms with Crippen LogP contribution in [0.15, 0.2) is 48.5 Å². The van der Waals surface area contributed by atoms with Crippen LogP contribution in [0.4, 0.5) is 11.4 Å². The predicted octanol–water partition coefficient (Wildman–Crippen LogP) is 4.23. The van der Waals surface area contributed by atoms with E-state index >= 15 is 0 Å². The Hall–Kier alpha value is -2.02. The van der Waals surface area contributed by atoms with E-state index in [2.05, 4.69) is 22.9 Å². The molecule has 0 aliphatic heterocycles. The maximum absolute atomic E-state index is 12.4. The zero-order valence-electron chi connectivity index (χ0n) is 16.5. The Morgan fingerprint density at radius 1 is 1.04 bits per heavy atom. The number of hydrogen-bond acceptors (Lipinski definition) is 4. The lowest BCUT2D eigenvalue weighted by Crippen LogP contribution is -2.25. The van der Waals surface area contributed by atoms with Gasteiger partial charge in [0.15, 0.2) is 0 Å². The number of aryl methyl sites for hydroxylation is 1. The minimum atomic E-state index is -0.328. The molecule has 0 spiro atoms. The van der Waals surface area contributed by atoms with Crippen LogP contribution in [0.25, 0.3) is 0 Å². The van der Waals surface area contributed by atoms with Crippen LogP contribution in [0.3, 0.4) is 0 Å². The van der Waals surface area contributed by atoms with Crippen molar-refractivity contribution in [1.29, 1.82) is 0 Å². The maximum atomic E-state index is 12.4. The van der Waals surface area contributed by atoms with Gasteiger partial charge in [0.1, 0.15) is 0 Å². The molecular formula is C21H28ClN3O2S. The predicted molar refractivity (Wildman–Crippen MR) is 121 cm³/mol. The Morgan fingerprint density at radius 2 is 1.75 bits per heavy atom. The average Bonchev–Trinajstić information content (AvgIpc) is 2.66. The van der Waals surface area contributed by atoms with Crippen LogP contribution in [-0.2, 0) is 16.1 Å². The second-order valence-electron chi connectivity index (χ2n) is 6.34. The Labute approximate surface area is 177 Å². The number of thioether (sulfide) groups is 1. The highest BCUT2D eigenvalue weighted by Gasteiger charge is 2.15. The lowest BCUT2D eigenvalue weighted by atomic mass is 10.2. The fourth-order valence-electron chi connectivity index (χ4n) is 2.38. The van der Waals surface area contributed by atoms with Gasteiger partial charge in [0.05, 0.1) is 11.0 Å². The van der Waals surface area contributed by atoms with Gasteiger partial charge < -0.3 is 16.0 Å². The molecule has 0 aliphatic carbocycles. The molecule has 2 aromatic rings. The molecule has 152 valence electrons. The summed E-state index contributed by atoms with van der Waals surface area (Å²) in [4.78, 5) is 24.4. The summed E-state index contributed by atoms with van der Waals surface area (Å²) in [6.07, 6.45) is 0. The van der Waals surface area contributed by atoms with E-state index in [1.807, 2.05) is 62.4 Å². The van der Waals surface area contributed by atoms with E-state index in [-0.39, 0.29) is 35.2 Å². The second-order valence-corrected chi connectivity index (χ2v) is 7.67. The third-order valence-corrected chi connectivity index (χ3v) is 5.09. The molecule has 0 bridgehead atoms. The summed E-state index contributed by atoms with van der Waals surface area (Å²) in [5.41, 5.74) is 3.79. The van der Waals surface area contributed by atoms with Gasteiger partial charge in [-0.05, 0) is 50.2 Å². The fourth-order valence-corrected chi connectivity index (χ4v) is 3.07. The van der Waals surface area contributed by atoms with Crippen molar-refractivity contribution in [3.8, 4) is 0 Å². The Bertz CT molecular complexity index is 769. The summed E-state index contributed by atoms with van der Waals surface area (Å²) < 4.78 is 0. The summed E-state index contributed by atoms with van der Waals surface area (Å²) in [6, 6.07) is 15.4. The lowest BCUT2D eigenvalue weighted by molar-refractivity contribution is -0.115. The van der Waals surface area contributed by atoms with Crippen molar-refractivity contribution < 1.29 is 9.59 Å². The fraction of sp³-hybridized carbons (Fsp3) is 0.333. The largest absolute Gasteiger partial charge is 0.325 e. The zero-order valence-corrected chi connectivity index (χ0v) is 18.1. The van der Waals surface area contributed by atoms with Crippen LogP contribution in [-0.4, -0.2) is 29.4 Å². The molecule has 5 nitrogen and oxygen atoms in total. The van der Waals surface area contributed by atoms with Crippen molar-refractivity contribution >= 4 is 47.4 Å². The molecule has 7 heteroatoms. The first-order chi connectivity index (χ1) is 13.0. The van der Waals surface area contributed by atoms with E-state index < -0.39 is 0 Å². The average molecular weight is 422 g/mol. The molecule has 0 aliphatic rings. The number of anilines is 2. The first-order valence-electron chi connectivity index (χ1n) is 9.06.